The Labute approximate surface area is 496 Å². The summed E-state index contributed by atoms with van der Waals surface area (Å²) in [5.74, 6) is 0.884. The summed E-state index contributed by atoms with van der Waals surface area (Å²) in [6, 6.07) is 30.5. The Hall–Kier alpha value is -7.44. The zero-order valence-corrected chi connectivity index (χ0v) is 50.3. The summed E-state index contributed by atoms with van der Waals surface area (Å²) in [4.78, 5) is 67.5. The standard InChI is InChI=1S/C65H79N7O9S2/c1-41-16-8-9-18-54(41)79-32-33-80-55-35-43(22-21-42(55)2)34-48(82)36-44(17-12-15-29-66-59(73)20-11-10-19-58-61-53(40-83-58)69-65(78)70-61)62(74)67-30-13-7-14-31-68-63(75)45-23-26-49(52(37-45)64(76)77)60-50-27-24-46(71(3)4)38-56(50)81-57-39-47(72(5)6)25-28-51(57)60/h8-9,16,18,21-28,35,37-39,44,53,58,61H,7,10-15,17,19-20,29-34,36,40H2,1-6H3,(H5-,66,67,68,69,70,73,74,75,76,77,78). The minimum absolute atomic E-state index is 0.0218. The van der Waals surface area contributed by atoms with Gasteiger partial charge in [-0.25, -0.2) is 9.37 Å². The number of ether oxygens (including phenoxy) is 2. The van der Waals surface area contributed by atoms with Crippen LogP contribution < -0.4 is 56.0 Å². The first-order valence-electron chi connectivity index (χ1n) is 29.0. The Morgan fingerprint density at radius 3 is 2.30 bits per heavy atom. The molecule has 2 saturated heterocycles. The lowest BCUT2D eigenvalue weighted by Crippen LogP contribution is -2.36. The molecule has 0 saturated carbocycles. The Bertz CT molecular complexity index is 3340. The zero-order valence-electron chi connectivity index (χ0n) is 48.7. The number of carboxylic acid groups (broad SMARTS) is 1. The molecule has 0 bridgehead atoms. The molecule has 5 amide bonds. The van der Waals surface area contributed by atoms with Crippen LogP contribution in [-0.2, 0) is 16.0 Å². The van der Waals surface area contributed by atoms with Crippen LogP contribution in [0.2, 0.25) is 0 Å². The van der Waals surface area contributed by atoms with Crippen molar-refractivity contribution >= 4 is 75.2 Å². The first-order valence-corrected chi connectivity index (χ1v) is 30.5. The number of nitrogens with one attached hydrogen (secondary N) is 5. The van der Waals surface area contributed by atoms with Crippen LogP contribution in [0, 0.1) is 19.8 Å². The number of amides is 5. The number of unbranched alkanes of at least 4 members (excludes halogenated alkanes) is 4. The molecule has 0 spiro atoms. The van der Waals surface area contributed by atoms with Crippen LogP contribution in [0.15, 0.2) is 101 Å². The maximum Gasteiger partial charge on any atom is 0.315 e. The fourth-order valence-corrected chi connectivity index (χ4v) is 12.7. The quantitative estimate of drug-likeness (QED) is 0.00948. The lowest BCUT2D eigenvalue weighted by molar-refractivity contribution is -0.255. The number of aromatic carboxylic acids is 1. The molecule has 4 aliphatic rings. The monoisotopic (exact) mass is 1170 g/mol. The van der Waals surface area contributed by atoms with E-state index >= 15 is 0 Å². The summed E-state index contributed by atoms with van der Waals surface area (Å²) >= 11 is 7.86. The normalized spacial score (nSPS) is 15.7. The lowest BCUT2D eigenvalue weighted by atomic mass is 9.89. The van der Waals surface area contributed by atoms with Gasteiger partial charge in [-0.2, -0.15) is 11.8 Å². The highest BCUT2D eigenvalue weighted by atomic mass is 32.2. The average Bonchev–Trinajstić information content (AvgIpc) is 3.65. The predicted molar refractivity (Wildman–Crippen MR) is 332 cm³/mol. The Kier molecular flexibility index (Phi) is 22.0. The van der Waals surface area contributed by atoms with Gasteiger partial charge in [0.05, 0.1) is 24.1 Å². The van der Waals surface area contributed by atoms with Crippen LogP contribution in [0.5, 0.6) is 11.5 Å². The second-order valence-electron chi connectivity index (χ2n) is 22.2. The minimum atomic E-state index is -1.40. The van der Waals surface area contributed by atoms with Crippen molar-refractivity contribution in [2.75, 3.05) is 71.7 Å². The average molecular weight is 1170 g/mol. The topological polar surface area (TPSA) is 206 Å². The van der Waals surface area contributed by atoms with Gasteiger partial charge in [-0.1, -0.05) is 61.5 Å². The Balaban J connectivity index is 0.818. The van der Waals surface area contributed by atoms with Crippen LogP contribution in [0.4, 0.5) is 10.5 Å². The van der Waals surface area contributed by atoms with Gasteiger partial charge in [-0.05, 0) is 135 Å². The number of carbonyl (C=O) groups is 5. The number of benzene rings is 5. The van der Waals surface area contributed by atoms with E-state index in [9.17, 15) is 29.1 Å². The van der Waals surface area contributed by atoms with Crippen LogP contribution in [-0.4, -0.2) is 119 Å². The van der Waals surface area contributed by atoms with Gasteiger partial charge in [-0.3, -0.25) is 14.4 Å². The number of para-hydroxylation sites is 1. The van der Waals surface area contributed by atoms with Gasteiger partial charge in [-0.15, -0.1) is 0 Å². The van der Waals surface area contributed by atoms with Crippen molar-refractivity contribution in [2.45, 2.75) is 108 Å². The summed E-state index contributed by atoms with van der Waals surface area (Å²) in [5, 5.41) is 30.0. The van der Waals surface area contributed by atoms with Crippen molar-refractivity contribution in [1.82, 2.24) is 31.2 Å². The second-order valence-corrected chi connectivity index (χ2v) is 24.0. The molecule has 5 N–H and O–H groups in total. The van der Waals surface area contributed by atoms with E-state index in [1.165, 1.54) is 6.07 Å². The third-order valence-electron chi connectivity index (χ3n) is 15.5. The highest BCUT2D eigenvalue weighted by Gasteiger charge is 2.42. The number of rotatable bonds is 30. The number of aryl methyl sites for hydroxylation is 2. The maximum atomic E-state index is 13.9. The summed E-state index contributed by atoms with van der Waals surface area (Å²) in [7, 11) is 7.76. The molecule has 4 aromatic carbocycles. The zero-order chi connectivity index (χ0) is 59.0. The number of anilines is 1. The third-order valence-corrected chi connectivity index (χ3v) is 17.3. The van der Waals surface area contributed by atoms with E-state index in [1.54, 1.807) is 12.1 Å². The number of carbonyl (C=O) groups excluding carboxylic acids is 5. The molecule has 4 atom stereocenters. The van der Waals surface area contributed by atoms with E-state index in [1.807, 2.05) is 142 Å². The summed E-state index contributed by atoms with van der Waals surface area (Å²) in [6.07, 6.45) is 8.17. The number of hydrogen-bond donors (Lipinski definition) is 5. The summed E-state index contributed by atoms with van der Waals surface area (Å²) in [6.45, 7) is 6.12. The number of thioether (sulfide) groups is 1. The van der Waals surface area contributed by atoms with E-state index in [0.29, 0.717) is 99.1 Å². The Morgan fingerprint density at radius 1 is 0.795 bits per heavy atom. The first-order chi connectivity index (χ1) is 40.0. The minimum Gasteiger partial charge on any atom is -0.545 e. The molecule has 0 radical (unpaired) electrons. The van der Waals surface area contributed by atoms with Crippen molar-refractivity contribution < 1.29 is 43.0 Å². The van der Waals surface area contributed by atoms with Crippen molar-refractivity contribution in [3.63, 3.8) is 0 Å². The molecule has 83 heavy (non-hydrogen) atoms. The van der Waals surface area contributed by atoms with Gasteiger partial charge in [0.15, 0.2) is 0 Å². The van der Waals surface area contributed by atoms with Crippen LogP contribution in [0.25, 0.3) is 33.4 Å². The van der Waals surface area contributed by atoms with E-state index in [0.717, 1.165) is 99.3 Å². The molecule has 2 fully saturated rings. The molecular weight excluding hydrogens is 1090 g/mol. The smallest absolute Gasteiger partial charge is 0.315 e. The molecule has 3 aliphatic heterocycles. The SMILES string of the molecule is Cc1ccccc1OCCOc1cc(CC(=S)CC(CCCCNC(=O)CCCCC2SCC3NC(=O)NC32)C(=O)NCCCCCNC(=O)c2ccc(-c3c4ccc(=[N+](C)C)cc-4oc4cc(N(C)C)ccc34)c(C(=O)[O-])c2)ccc1C. The van der Waals surface area contributed by atoms with Gasteiger partial charge in [0.2, 0.25) is 17.2 Å². The van der Waals surface area contributed by atoms with Crippen LogP contribution in [0.3, 0.4) is 0 Å². The van der Waals surface area contributed by atoms with Crippen molar-refractivity contribution in [3.05, 3.63) is 130 Å². The molecule has 16 nitrogen and oxygen atoms in total. The van der Waals surface area contributed by atoms with E-state index in [2.05, 4.69) is 26.6 Å². The van der Waals surface area contributed by atoms with Gasteiger partial charge in [0.1, 0.15) is 50.2 Å². The van der Waals surface area contributed by atoms with Gasteiger partial charge < -0.3 is 55.3 Å². The molecule has 3 heterocycles. The van der Waals surface area contributed by atoms with Crippen molar-refractivity contribution in [2.24, 2.45) is 5.92 Å². The maximum absolute atomic E-state index is 13.9. The fraction of sp³-hybridized carbons (Fsp3) is 0.431. The molecule has 8 rings (SSSR count). The summed E-state index contributed by atoms with van der Waals surface area (Å²) < 4.78 is 20.5. The van der Waals surface area contributed by atoms with E-state index in [-0.39, 0.29) is 47.0 Å². The number of urea groups is 1. The van der Waals surface area contributed by atoms with E-state index < -0.39 is 11.9 Å². The molecule has 4 unspecified atom stereocenters. The number of nitrogens with zero attached hydrogens (tertiary/aromatic N) is 2. The summed E-state index contributed by atoms with van der Waals surface area (Å²) in [5.41, 5.74) is 6.46. The van der Waals surface area contributed by atoms with Gasteiger partial charge >= 0.3 is 6.03 Å². The van der Waals surface area contributed by atoms with Crippen molar-refractivity contribution in [1.29, 1.82) is 0 Å². The molecule has 18 heteroatoms. The highest BCUT2D eigenvalue weighted by Crippen LogP contribution is 2.42. The fourth-order valence-electron chi connectivity index (χ4n) is 10.8. The van der Waals surface area contributed by atoms with Crippen molar-refractivity contribution in [3.8, 4) is 33.9 Å². The Morgan fingerprint density at radius 2 is 1.53 bits per heavy atom. The van der Waals surface area contributed by atoms with Gasteiger partial charge in [0.25, 0.3) is 5.91 Å². The predicted octanol–water partition coefficient (Wildman–Crippen LogP) is 8.39. The number of fused-ring (bicyclic) bond motifs is 3. The number of carboxylic acids is 1. The number of hydrogen-bond acceptors (Lipinski definition) is 12. The molecule has 1 aliphatic carbocycles. The second kappa shape index (κ2) is 29.7. The lowest BCUT2D eigenvalue weighted by Gasteiger charge is -2.20. The third kappa shape index (κ3) is 16.9. The molecule has 0 aromatic heterocycles. The van der Waals surface area contributed by atoms with Crippen LogP contribution in [0.1, 0.15) is 108 Å². The van der Waals surface area contributed by atoms with E-state index in [4.69, 9.17) is 26.1 Å². The number of thiocarbonyl (C=S) groups is 1. The highest BCUT2D eigenvalue weighted by molar-refractivity contribution is 8.00. The molecule has 440 valence electrons. The molecule has 4 aromatic rings. The first kappa shape index (κ1) is 61.6. The largest absolute Gasteiger partial charge is 0.545 e. The molecular formula is C65H79N7O9S2. The van der Waals surface area contributed by atoms with Crippen LogP contribution >= 0.6 is 24.0 Å². The van der Waals surface area contributed by atoms with Gasteiger partial charge in [0, 0.05) is 109 Å².